The number of amides is 1. The molecule has 0 radical (unpaired) electrons. The zero-order chi connectivity index (χ0) is 17.7. The first-order valence-corrected chi connectivity index (χ1v) is 7.05. The standard InChI is InChI=1S/C16H15FN2O5/c1-10(20)9-18-16(21)11-3-2-4-13(7-11)24-15-6-5-12(19(22)23)8-14(15)17/h2-8,10,20H,9H2,1H3,(H,18,21). The van der Waals surface area contributed by atoms with Crippen molar-refractivity contribution in [2.24, 2.45) is 0 Å². The lowest BCUT2D eigenvalue weighted by molar-refractivity contribution is -0.385. The highest BCUT2D eigenvalue weighted by Crippen LogP contribution is 2.27. The summed E-state index contributed by atoms with van der Waals surface area (Å²) >= 11 is 0. The Morgan fingerprint density at radius 2 is 2.12 bits per heavy atom. The van der Waals surface area contributed by atoms with E-state index in [9.17, 15) is 19.3 Å². The van der Waals surface area contributed by atoms with Gasteiger partial charge in [0.2, 0.25) is 0 Å². The second-order valence-corrected chi connectivity index (χ2v) is 5.06. The summed E-state index contributed by atoms with van der Waals surface area (Å²) in [6.45, 7) is 1.64. The molecule has 1 amide bonds. The van der Waals surface area contributed by atoms with Crippen LogP contribution in [0, 0.1) is 15.9 Å². The molecule has 0 spiro atoms. The first-order valence-electron chi connectivity index (χ1n) is 7.05. The third-order valence-corrected chi connectivity index (χ3v) is 3.01. The van der Waals surface area contributed by atoms with Gasteiger partial charge in [0.15, 0.2) is 11.6 Å². The number of rotatable bonds is 6. The number of aliphatic hydroxyl groups is 1. The number of hydrogen-bond acceptors (Lipinski definition) is 5. The molecule has 2 rings (SSSR count). The first-order chi connectivity index (χ1) is 11.4. The van der Waals surface area contributed by atoms with Crippen LogP contribution in [0.1, 0.15) is 17.3 Å². The molecule has 0 bridgehead atoms. The van der Waals surface area contributed by atoms with E-state index in [0.717, 1.165) is 18.2 Å². The Labute approximate surface area is 136 Å². The number of halogens is 1. The summed E-state index contributed by atoms with van der Waals surface area (Å²) in [5.41, 5.74) is -0.110. The minimum absolute atomic E-state index is 0.0981. The van der Waals surface area contributed by atoms with Crippen LogP contribution in [-0.4, -0.2) is 28.6 Å². The fraction of sp³-hybridized carbons (Fsp3) is 0.188. The SMILES string of the molecule is CC(O)CNC(=O)c1cccc(Oc2ccc([N+](=O)[O-])cc2F)c1. The van der Waals surface area contributed by atoms with E-state index in [4.69, 9.17) is 9.84 Å². The topological polar surface area (TPSA) is 102 Å². The van der Waals surface area contributed by atoms with Crippen LogP contribution in [-0.2, 0) is 0 Å². The lowest BCUT2D eigenvalue weighted by Crippen LogP contribution is -2.30. The molecule has 0 saturated heterocycles. The number of carbonyl (C=O) groups is 1. The smallest absolute Gasteiger partial charge is 0.272 e. The normalized spacial score (nSPS) is 11.6. The van der Waals surface area contributed by atoms with Gasteiger partial charge in [0.05, 0.1) is 17.1 Å². The van der Waals surface area contributed by atoms with Crippen LogP contribution in [0.3, 0.4) is 0 Å². The number of hydrogen-bond donors (Lipinski definition) is 2. The molecule has 7 nitrogen and oxygen atoms in total. The van der Waals surface area contributed by atoms with E-state index >= 15 is 0 Å². The Balaban J connectivity index is 2.15. The largest absolute Gasteiger partial charge is 0.454 e. The molecule has 1 unspecified atom stereocenters. The van der Waals surface area contributed by atoms with Crippen molar-refractivity contribution in [2.75, 3.05) is 6.54 Å². The van der Waals surface area contributed by atoms with Gasteiger partial charge in [-0.2, -0.15) is 0 Å². The molecule has 126 valence electrons. The van der Waals surface area contributed by atoms with Crippen LogP contribution in [0.25, 0.3) is 0 Å². The highest BCUT2D eigenvalue weighted by Gasteiger charge is 2.13. The second-order valence-electron chi connectivity index (χ2n) is 5.06. The average Bonchev–Trinajstić information content (AvgIpc) is 2.54. The molecule has 0 fully saturated rings. The van der Waals surface area contributed by atoms with E-state index in [0.29, 0.717) is 0 Å². The predicted octanol–water partition coefficient (Wildman–Crippen LogP) is 2.64. The van der Waals surface area contributed by atoms with E-state index in [-0.39, 0.29) is 29.3 Å². The summed E-state index contributed by atoms with van der Waals surface area (Å²) < 4.78 is 19.2. The van der Waals surface area contributed by atoms with Crippen LogP contribution < -0.4 is 10.1 Å². The molecule has 0 aliphatic carbocycles. The third kappa shape index (κ3) is 4.50. The molecular formula is C16H15FN2O5. The monoisotopic (exact) mass is 334 g/mol. The van der Waals surface area contributed by atoms with E-state index in [2.05, 4.69) is 5.32 Å². The average molecular weight is 334 g/mol. The van der Waals surface area contributed by atoms with Crippen LogP contribution in [0.4, 0.5) is 10.1 Å². The van der Waals surface area contributed by atoms with Crippen LogP contribution in [0.5, 0.6) is 11.5 Å². The molecule has 0 aliphatic rings. The van der Waals surface area contributed by atoms with E-state index in [1.807, 2.05) is 0 Å². The fourth-order valence-corrected chi connectivity index (χ4v) is 1.86. The lowest BCUT2D eigenvalue weighted by atomic mass is 10.2. The number of nitro benzene ring substituents is 1. The van der Waals surface area contributed by atoms with Gasteiger partial charge in [-0.3, -0.25) is 14.9 Å². The Morgan fingerprint density at radius 1 is 1.38 bits per heavy atom. The van der Waals surface area contributed by atoms with Gasteiger partial charge in [0, 0.05) is 18.2 Å². The number of nitrogens with zero attached hydrogens (tertiary/aromatic N) is 1. The van der Waals surface area contributed by atoms with Gasteiger partial charge in [0.1, 0.15) is 5.75 Å². The van der Waals surface area contributed by atoms with Gasteiger partial charge < -0.3 is 15.2 Å². The molecule has 0 aromatic heterocycles. The maximum Gasteiger partial charge on any atom is 0.272 e. The van der Waals surface area contributed by atoms with Gasteiger partial charge >= 0.3 is 0 Å². The van der Waals surface area contributed by atoms with Crippen LogP contribution in [0.2, 0.25) is 0 Å². The van der Waals surface area contributed by atoms with Crippen molar-refractivity contribution in [2.45, 2.75) is 13.0 Å². The molecule has 24 heavy (non-hydrogen) atoms. The van der Waals surface area contributed by atoms with Gasteiger partial charge in [-0.15, -0.1) is 0 Å². The summed E-state index contributed by atoms with van der Waals surface area (Å²) in [6.07, 6.45) is -0.678. The Bertz CT molecular complexity index is 764. The first kappa shape index (κ1) is 17.4. The van der Waals surface area contributed by atoms with Crippen molar-refractivity contribution in [1.82, 2.24) is 5.32 Å². The molecule has 8 heteroatoms. The number of ether oxygens (including phenoxy) is 1. The Kier molecular flexibility index (Phi) is 5.43. The number of nitro groups is 1. The minimum Gasteiger partial charge on any atom is -0.454 e. The van der Waals surface area contributed by atoms with E-state index in [1.54, 1.807) is 6.07 Å². The minimum atomic E-state index is -0.881. The maximum atomic E-state index is 13.8. The van der Waals surface area contributed by atoms with Gasteiger partial charge in [-0.05, 0) is 31.2 Å². The number of carbonyl (C=O) groups excluding carboxylic acids is 1. The fourth-order valence-electron chi connectivity index (χ4n) is 1.86. The van der Waals surface area contributed by atoms with Crippen molar-refractivity contribution in [3.8, 4) is 11.5 Å². The summed E-state index contributed by atoms with van der Waals surface area (Å²) in [4.78, 5) is 21.8. The molecule has 0 aliphatic heterocycles. The third-order valence-electron chi connectivity index (χ3n) is 3.01. The molecule has 1 atom stereocenters. The molecular weight excluding hydrogens is 319 g/mol. The number of non-ortho nitro benzene ring substituents is 1. The van der Waals surface area contributed by atoms with Crippen molar-refractivity contribution in [1.29, 1.82) is 0 Å². The highest BCUT2D eigenvalue weighted by atomic mass is 19.1. The van der Waals surface area contributed by atoms with Gasteiger partial charge in [0.25, 0.3) is 11.6 Å². The number of benzene rings is 2. The van der Waals surface area contributed by atoms with Crippen molar-refractivity contribution in [3.05, 3.63) is 64.0 Å². The molecule has 0 heterocycles. The summed E-state index contributed by atoms with van der Waals surface area (Å²) in [7, 11) is 0. The van der Waals surface area contributed by atoms with Crippen molar-refractivity contribution >= 4 is 11.6 Å². The molecule has 2 aromatic rings. The predicted molar refractivity (Wildman–Crippen MR) is 83.6 cm³/mol. The van der Waals surface area contributed by atoms with E-state index in [1.165, 1.54) is 25.1 Å². The van der Waals surface area contributed by atoms with Gasteiger partial charge in [-0.1, -0.05) is 6.07 Å². The lowest BCUT2D eigenvalue weighted by Gasteiger charge is -2.10. The molecule has 2 aromatic carbocycles. The van der Waals surface area contributed by atoms with Gasteiger partial charge in [-0.25, -0.2) is 4.39 Å². The van der Waals surface area contributed by atoms with Crippen LogP contribution in [0.15, 0.2) is 42.5 Å². The van der Waals surface area contributed by atoms with E-state index < -0.39 is 22.8 Å². The highest BCUT2D eigenvalue weighted by molar-refractivity contribution is 5.94. The number of aliphatic hydroxyl groups excluding tert-OH is 1. The quantitative estimate of drug-likeness (QED) is 0.624. The number of nitrogens with one attached hydrogen (secondary N) is 1. The Hall–Kier alpha value is -3.00. The zero-order valence-corrected chi connectivity index (χ0v) is 12.7. The molecule has 2 N–H and O–H groups in total. The summed E-state index contributed by atoms with van der Waals surface area (Å²) in [6, 6.07) is 9.04. The van der Waals surface area contributed by atoms with Crippen molar-refractivity contribution in [3.63, 3.8) is 0 Å². The van der Waals surface area contributed by atoms with Crippen molar-refractivity contribution < 1.29 is 24.0 Å². The second kappa shape index (κ2) is 7.51. The zero-order valence-electron chi connectivity index (χ0n) is 12.7. The van der Waals surface area contributed by atoms with Crippen LogP contribution >= 0.6 is 0 Å². The Morgan fingerprint density at radius 3 is 2.75 bits per heavy atom. The molecule has 0 saturated carbocycles. The summed E-state index contributed by atoms with van der Waals surface area (Å²) in [5.74, 6) is -1.28. The maximum absolute atomic E-state index is 13.8. The summed E-state index contributed by atoms with van der Waals surface area (Å²) in [5, 5.41) is 22.3.